The van der Waals surface area contributed by atoms with Crippen LogP contribution in [0.25, 0.3) is 22.6 Å². The lowest BCUT2D eigenvalue weighted by Gasteiger charge is -2.28. The molecule has 128 valence electrons. The van der Waals surface area contributed by atoms with Crippen LogP contribution in [0.3, 0.4) is 0 Å². The minimum atomic E-state index is -0.540. The van der Waals surface area contributed by atoms with Gasteiger partial charge in [0.05, 0.1) is 17.2 Å². The number of benzene rings is 1. The lowest BCUT2D eigenvalue weighted by molar-refractivity contribution is 0.158. The first-order chi connectivity index (χ1) is 11.9. The molecule has 1 aromatic heterocycles. The molecule has 1 aromatic carbocycles. The van der Waals surface area contributed by atoms with Gasteiger partial charge in [-0.15, -0.1) is 0 Å². The molecule has 1 aliphatic carbocycles. The van der Waals surface area contributed by atoms with Crippen LogP contribution < -0.4 is 10.2 Å². The highest BCUT2D eigenvalue weighted by molar-refractivity contribution is 5.93. The van der Waals surface area contributed by atoms with Crippen molar-refractivity contribution in [3.05, 3.63) is 58.0 Å². The van der Waals surface area contributed by atoms with Gasteiger partial charge in [0.1, 0.15) is 34.3 Å². The summed E-state index contributed by atoms with van der Waals surface area (Å²) in [7, 11) is 0. The lowest BCUT2D eigenvalue weighted by Crippen LogP contribution is -2.27. The Labute approximate surface area is 144 Å². The van der Waals surface area contributed by atoms with Gasteiger partial charge >= 0.3 is 0 Å². The van der Waals surface area contributed by atoms with Crippen molar-refractivity contribution in [1.82, 2.24) is 0 Å². The number of aliphatic hydroxyl groups excluding tert-OH is 1. The Balaban J connectivity index is 1.93. The zero-order chi connectivity index (χ0) is 17.8. The van der Waals surface area contributed by atoms with Crippen molar-refractivity contribution in [1.29, 1.82) is 0 Å². The van der Waals surface area contributed by atoms with Gasteiger partial charge in [0.2, 0.25) is 5.43 Å². The number of phenolic OH excluding ortho intramolecular Hbond substituents is 1. The molecule has 0 spiro atoms. The van der Waals surface area contributed by atoms with Crippen molar-refractivity contribution in [2.75, 3.05) is 0 Å². The number of aromatic hydroxyl groups is 1. The molecule has 2 aliphatic rings. The van der Waals surface area contributed by atoms with E-state index in [0.29, 0.717) is 28.9 Å². The second-order valence-corrected chi connectivity index (χ2v) is 6.85. The summed E-state index contributed by atoms with van der Waals surface area (Å²) < 4.78 is 11.5. The van der Waals surface area contributed by atoms with Crippen LogP contribution in [-0.2, 0) is 0 Å². The molecule has 1 unspecified atom stereocenters. The van der Waals surface area contributed by atoms with Gasteiger partial charge in [0.15, 0.2) is 0 Å². The average molecular weight is 338 g/mol. The maximum absolute atomic E-state index is 12.9. The number of hydrogen-bond acceptors (Lipinski definition) is 5. The third-order valence-electron chi connectivity index (χ3n) is 4.45. The Hall–Kier alpha value is -2.79. The van der Waals surface area contributed by atoms with E-state index in [-0.39, 0.29) is 22.1 Å². The molecule has 5 nitrogen and oxygen atoms in total. The Kier molecular flexibility index (Phi) is 3.37. The smallest absolute Gasteiger partial charge is 0.204 e. The number of fused-ring (bicyclic) bond motifs is 2. The normalized spacial score (nSPS) is 20.9. The first kappa shape index (κ1) is 15.7. The predicted molar refractivity (Wildman–Crippen MR) is 95.6 cm³/mol. The van der Waals surface area contributed by atoms with E-state index in [2.05, 4.69) is 0 Å². The molecule has 0 saturated carbocycles. The molecule has 1 atom stereocenters. The Morgan fingerprint density at radius 1 is 1.28 bits per heavy atom. The third kappa shape index (κ3) is 2.57. The van der Waals surface area contributed by atoms with E-state index in [1.54, 1.807) is 30.4 Å². The minimum Gasteiger partial charge on any atom is -0.506 e. The number of aliphatic hydroxyl groups is 1. The molecule has 2 aromatic rings. The van der Waals surface area contributed by atoms with E-state index in [4.69, 9.17) is 9.15 Å². The highest BCUT2D eigenvalue weighted by Gasteiger charge is 2.26. The number of allylic oxidation sites excluding steroid dienone is 2. The zero-order valence-corrected chi connectivity index (χ0v) is 13.9. The Bertz CT molecular complexity index is 1020. The van der Waals surface area contributed by atoms with E-state index in [9.17, 15) is 15.0 Å². The summed E-state index contributed by atoms with van der Waals surface area (Å²) in [6, 6.07) is 1.63. The molecular weight excluding hydrogens is 320 g/mol. The van der Waals surface area contributed by atoms with Gasteiger partial charge in [0.25, 0.3) is 0 Å². The van der Waals surface area contributed by atoms with Crippen molar-refractivity contribution in [3.8, 4) is 11.5 Å². The standard InChI is InChI=1S/C20H18O5/c1-20(2)8-7-13-15(25-20)9-16-17(18(13)22)19(23)14(10-24-16)11-3-5-12(21)6-4-11/h3-5,7-10,12,21-22H,6H2,1-2H3. The summed E-state index contributed by atoms with van der Waals surface area (Å²) in [6.07, 6.45) is 9.97. The van der Waals surface area contributed by atoms with Gasteiger partial charge in [-0.05, 0) is 38.0 Å². The Morgan fingerprint density at radius 2 is 2.08 bits per heavy atom. The number of ether oxygens (including phenoxy) is 1. The van der Waals surface area contributed by atoms with E-state index < -0.39 is 11.7 Å². The molecule has 1 aliphatic heterocycles. The van der Waals surface area contributed by atoms with Crippen LogP contribution in [0.1, 0.15) is 31.4 Å². The summed E-state index contributed by atoms with van der Waals surface area (Å²) in [6.45, 7) is 3.81. The van der Waals surface area contributed by atoms with Crippen LogP contribution in [0.5, 0.6) is 11.5 Å². The summed E-state index contributed by atoms with van der Waals surface area (Å²) in [5.41, 5.74) is 0.965. The second kappa shape index (κ2) is 5.36. The molecule has 2 heterocycles. The summed E-state index contributed by atoms with van der Waals surface area (Å²) in [5, 5.41) is 20.3. The molecule has 0 amide bonds. The Morgan fingerprint density at radius 3 is 2.80 bits per heavy atom. The maximum Gasteiger partial charge on any atom is 0.204 e. The van der Waals surface area contributed by atoms with Crippen molar-refractivity contribution >= 4 is 22.6 Å². The highest BCUT2D eigenvalue weighted by Crippen LogP contribution is 2.40. The third-order valence-corrected chi connectivity index (χ3v) is 4.45. The SMILES string of the molecule is CC1(C)C=Cc2c(cc3occ(C4=CCC(O)C=C4)c(=O)c3c2O)O1. The molecule has 0 bridgehead atoms. The molecule has 0 radical (unpaired) electrons. The van der Waals surface area contributed by atoms with Crippen molar-refractivity contribution in [2.24, 2.45) is 0 Å². The molecule has 4 rings (SSSR count). The monoisotopic (exact) mass is 338 g/mol. The predicted octanol–water partition coefficient (Wildman–Crippen LogP) is 3.39. The fraction of sp³-hybridized carbons (Fsp3) is 0.250. The van der Waals surface area contributed by atoms with Crippen LogP contribution in [-0.4, -0.2) is 21.9 Å². The van der Waals surface area contributed by atoms with Gasteiger partial charge in [-0.2, -0.15) is 0 Å². The topological polar surface area (TPSA) is 79.9 Å². The van der Waals surface area contributed by atoms with Gasteiger partial charge in [-0.1, -0.05) is 18.2 Å². The fourth-order valence-corrected chi connectivity index (χ4v) is 3.11. The fourth-order valence-electron chi connectivity index (χ4n) is 3.11. The molecule has 5 heteroatoms. The molecule has 2 N–H and O–H groups in total. The first-order valence-corrected chi connectivity index (χ1v) is 8.12. The second-order valence-electron chi connectivity index (χ2n) is 6.85. The molecular formula is C20H18O5. The van der Waals surface area contributed by atoms with Crippen molar-refractivity contribution < 1.29 is 19.4 Å². The quantitative estimate of drug-likeness (QED) is 0.833. The zero-order valence-electron chi connectivity index (χ0n) is 13.9. The van der Waals surface area contributed by atoms with Crippen LogP contribution in [0.2, 0.25) is 0 Å². The van der Waals surface area contributed by atoms with E-state index in [0.717, 1.165) is 0 Å². The van der Waals surface area contributed by atoms with E-state index in [1.807, 2.05) is 19.9 Å². The van der Waals surface area contributed by atoms with Crippen molar-refractivity contribution in [2.45, 2.75) is 32.0 Å². The number of hydrogen-bond donors (Lipinski definition) is 2. The summed E-state index contributed by atoms with van der Waals surface area (Å²) in [4.78, 5) is 12.9. The summed E-state index contributed by atoms with van der Waals surface area (Å²) >= 11 is 0. The van der Waals surface area contributed by atoms with Gasteiger partial charge < -0.3 is 19.4 Å². The number of phenols is 1. The summed E-state index contributed by atoms with van der Waals surface area (Å²) in [5.74, 6) is 0.337. The van der Waals surface area contributed by atoms with E-state index >= 15 is 0 Å². The molecule has 25 heavy (non-hydrogen) atoms. The van der Waals surface area contributed by atoms with Crippen LogP contribution >= 0.6 is 0 Å². The van der Waals surface area contributed by atoms with Crippen LogP contribution in [0, 0.1) is 0 Å². The van der Waals surface area contributed by atoms with Crippen LogP contribution in [0.15, 0.2) is 45.8 Å². The van der Waals surface area contributed by atoms with Gasteiger partial charge in [0, 0.05) is 6.07 Å². The van der Waals surface area contributed by atoms with Gasteiger partial charge in [-0.25, -0.2) is 0 Å². The lowest BCUT2D eigenvalue weighted by atomic mass is 9.96. The van der Waals surface area contributed by atoms with E-state index in [1.165, 1.54) is 6.26 Å². The van der Waals surface area contributed by atoms with Crippen molar-refractivity contribution in [3.63, 3.8) is 0 Å². The minimum absolute atomic E-state index is 0.129. The van der Waals surface area contributed by atoms with Crippen LogP contribution in [0.4, 0.5) is 0 Å². The largest absolute Gasteiger partial charge is 0.506 e. The average Bonchev–Trinajstić information content (AvgIpc) is 2.55. The highest BCUT2D eigenvalue weighted by atomic mass is 16.5. The number of rotatable bonds is 1. The molecule has 0 saturated heterocycles. The molecule has 0 fully saturated rings. The maximum atomic E-state index is 12.9. The first-order valence-electron chi connectivity index (χ1n) is 8.12. The van der Waals surface area contributed by atoms with Gasteiger partial charge in [-0.3, -0.25) is 4.79 Å².